The standard InChI is InChI=1S/C67H62N3O.Pt/c1-43-35-56(48-25-18-13-19-26-48)61(42-55(43)47-23-16-12-17-24-47)70-60-28-20-27-54(62(60)69-64(70)57-40-53(66(5,6)7)41-58(63(57)71)67(8,9)10)50-36-51(38-52(37-50)65(2,3)4)59-39-49(33-34-68-59)46-31-29-45(30-32-46)44-21-14-11-15-22-44;/h11-35,37-42,71H,1-10H3;/q-1;/i1D3;. The van der Waals surface area contributed by atoms with Gasteiger partial charge in [0.25, 0.3) is 0 Å². The van der Waals surface area contributed by atoms with E-state index in [1.165, 1.54) is 5.56 Å². The summed E-state index contributed by atoms with van der Waals surface area (Å²) in [5.41, 5.74) is 15.8. The molecule has 4 nitrogen and oxygen atoms in total. The Balaban J connectivity index is 0.00000689. The fourth-order valence-corrected chi connectivity index (χ4v) is 9.56. The van der Waals surface area contributed by atoms with Gasteiger partial charge in [-0.2, -0.15) is 0 Å². The minimum Gasteiger partial charge on any atom is -0.507 e. The van der Waals surface area contributed by atoms with Gasteiger partial charge >= 0.3 is 0 Å². The molecule has 1 N–H and O–H groups in total. The molecule has 10 aromatic rings. The van der Waals surface area contributed by atoms with Crippen LogP contribution in [-0.2, 0) is 37.3 Å². The van der Waals surface area contributed by atoms with Gasteiger partial charge < -0.3 is 5.11 Å². The maximum atomic E-state index is 12.7. The summed E-state index contributed by atoms with van der Waals surface area (Å²) >= 11 is 0. The number of hydrogen-bond acceptors (Lipinski definition) is 3. The summed E-state index contributed by atoms with van der Waals surface area (Å²) in [4.78, 5) is 10.6. The smallest absolute Gasteiger partial charge is 0.148 e. The minimum absolute atomic E-state index is 0. The summed E-state index contributed by atoms with van der Waals surface area (Å²) < 4.78 is 28.8. The first-order valence-electron chi connectivity index (χ1n) is 26.0. The van der Waals surface area contributed by atoms with Gasteiger partial charge in [-0.3, -0.25) is 9.55 Å². The molecule has 0 aliphatic rings. The van der Waals surface area contributed by atoms with E-state index in [9.17, 15) is 5.11 Å². The molecule has 0 amide bonds. The predicted molar refractivity (Wildman–Crippen MR) is 298 cm³/mol. The van der Waals surface area contributed by atoms with Crippen molar-refractivity contribution < 1.29 is 30.3 Å². The van der Waals surface area contributed by atoms with E-state index in [4.69, 9.17) is 14.1 Å². The third-order valence-corrected chi connectivity index (χ3v) is 13.6. The van der Waals surface area contributed by atoms with Crippen molar-refractivity contribution in [3.8, 4) is 89.7 Å². The Morgan fingerprint density at radius 2 is 1.04 bits per heavy atom. The molecule has 8 aromatic carbocycles. The fourth-order valence-electron chi connectivity index (χ4n) is 9.56. The number of nitrogens with zero attached hydrogens (tertiary/aromatic N) is 3. The van der Waals surface area contributed by atoms with Crippen molar-refractivity contribution in [3.63, 3.8) is 0 Å². The largest absolute Gasteiger partial charge is 0.507 e. The first-order chi connectivity index (χ1) is 35.1. The van der Waals surface area contributed by atoms with Crippen LogP contribution in [0.25, 0.3) is 95.0 Å². The van der Waals surface area contributed by atoms with Crippen LogP contribution in [0.15, 0.2) is 188 Å². The third-order valence-electron chi connectivity index (χ3n) is 13.6. The van der Waals surface area contributed by atoms with Crippen molar-refractivity contribution in [1.82, 2.24) is 14.5 Å². The van der Waals surface area contributed by atoms with Crippen molar-refractivity contribution in [2.75, 3.05) is 0 Å². The SMILES string of the molecule is [2H]C([2H])([2H])c1cc(-c2ccccc2)c(-n2c(-c3cc(C(C)(C)C)cc(C(C)(C)C)c3O)nc3c(-c4[c-]c(-c5cc(-c6ccc(-c7ccccc7)cc6)ccn5)cc(C(C)(C)C)c4)cccc32)cc1-c1ccccc1.[Pt]. The quantitative estimate of drug-likeness (QED) is 0.154. The molecule has 0 saturated carbocycles. The zero-order valence-corrected chi connectivity index (χ0v) is 44.8. The van der Waals surface area contributed by atoms with Gasteiger partial charge in [-0.15, -0.1) is 29.3 Å². The summed E-state index contributed by atoms with van der Waals surface area (Å²) in [5, 5.41) is 12.7. The van der Waals surface area contributed by atoms with Gasteiger partial charge in [-0.1, -0.05) is 213 Å². The van der Waals surface area contributed by atoms with Crippen LogP contribution in [0.4, 0.5) is 0 Å². The van der Waals surface area contributed by atoms with Gasteiger partial charge in [0.15, 0.2) is 0 Å². The van der Waals surface area contributed by atoms with E-state index in [1.807, 2.05) is 85.1 Å². The molecular formula is C67H62N3OPt-. The van der Waals surface area contributed by atoms with Crippen LogP contribution in [0.3, 0.4) is 0 Å². The summed E-state index contributed by atoms with van der Waals surface area (Å²) in [6.07, 6.45) is 1.87. The number of aryl methyl sites for hydroxylation is 1. The van der Waals surface area contributed by atoms with Crippen molar-refractivity contribution in [2.24, 2.45) is 0 Å². The van der Waals surface area contributed by atoms with E-state index in [0.717, 1.165) is 78.1 Å². The Labute approximate surface area is 445 Å². The minimum atomic E-state index is -2.44. The first-order valence-corrected chi connectivity index (χ1v) is 24.5. The third kappa shape index (κ3) is 9.78. The topological polar surface area (TPSA) is 50.9 Å². The normalized spacial score (nSPS) is 12.8. The van der Waals surface area contributed by atoms with Gasteiger partial charge in [-0.05, 0) is 103 Å². The average molecular weight is 1120 g/mol. The van der Waals surface area contributed by atoms with Gasteiger partial charge in [0.05, 0.1) is 22.3 Å². The molecule has 0 aliphatic carbocycles. The summed E-state index contributed by atoms with van der Waals surface area (Å²) in [6.45, 7) is 17.1. The van der Waals surface area contributed by atoms with Gasteiger partial charge in [0, 0.05) is 48.2 Å². The van der Waals surface area contributed by atoms with Crippen molar-refractivity contribution in [1.29, 1.82) is 0 Å². The Bertz CT molecular complexity index is 3690. The molecule has 0 fully saturated rings. The van der Waals surface area contributed by atoms with Crippen molar-refractivity contribution >= 4 is 11.0 Å². The maximum absolute atomic E-state index is 12.7. The molecule has 0 unspecified atom stereocenters. The van der Waals surface area contributed by atoms with Crippen LogP contribution >= 0.6 is 0 Å². The number of phenolic OH excluding ortho intramolecular Hbond substituents is 1. The second-order valence-corrected chi connectivity index (χ2v) is 21.8. The number of aromatic hydroxyl groups is 1. The van der Waals surface area contributed by atoms with Crippen LogP contribution < -0.4 is 0 Å². The molecule has 0 aliphatic heterocycles. The maximum Gasteiger partial charge on any atom is 0.148 e. The molecular weight excluding hydrogens is 1060 g/mol. The molecule has 0 spiro atoms. The van der Waals surface area contributed by atoms with Gasteiger partial charge in [-0.25, -0.2) is 4.98 Å². The Morgan fingerprint density at radius 3 is 1.64 bits per heavy atom. The Kier molecular flexibility index (Phi) is 12.4. The Hall–Kier alpha value is -7.13. The summed E-state index contributed by atoms with van der Waals surface area (Å²) in [7, 11) is 0. The first kappa shape index (κ1) is 46.0. The van der Waals surface area contributed by atoms with Crippen LogP contribution in [0.5, 0.6) is 5.75 Å². The number of pyridine rings is 1. The molecule has 0 radical (unpaired) electrons. The number of fused-ring (bicyclic) bond motifs is 1. The number of aromatic nitrogens is 3. The molecule has 72 heavy (non-hydrogen) atoms. The number of benzene rings is 8. The van der Waals surface area contributed by atoms with Crippen LogP contribution in [-0.4, -0.2) is 19.6 Å². The second-order valence-electron chi connectivity index (χ2n) is 21.8. The van der Waals surface area contributed by atoms with E-state index in [0.29, 0.717) is 28.0 Å². The fraction of sp³-hybridized carbons (Fsp3) is 0.194. The van der Waals surface area contributed by atoms with Crippen LogP contribution in [0, 0.1) is 12.9 Å². The average Bonchev–Trinajstić information content (AvgIpc) is 3.78. The molecule has 5 heteroatoms. The number of rotatable bonds is 8. The van der Waals surface area contributed by atoms with E-state index in [2.05, 4.69) is 176 Å². The molecule has 362 valence electrons. The number of phenols is 1. The van der Waals surface area contributed by atoms with E-state index in [1.54, 1.807) is 0 Å². The molecule has 10 rings (SSSR count). The zero-order chi connectivity index (χ0) is 52.3. The van der Waals surface area contributed by atoms with Crippen LogP contribution in [0.2, 0.25) is 0 Å². The summed E-state index contributed by atoms with van der Waals surface area (Å²) in [5.74, 6) is 0.677. The predicted octanol–water partition coefficient (Wildman–Crippen LogP) is 17.8. The molecule has 2 aromatic heterocycles. The van der Waals surface area contributed by atoms with E-state index < -0.39 is 12.3 Å². The van der Waals surface area contributed by atoms with Crippen molar-refractivity contribution in [2.45, 2.75) is 85.4 Å². The van der Waals surface area contributed by atoms with Gasteiger partial charge in [0.2, 0.25) is 0 Å². The molecule has 0 bridgehead atoms. The number of para-hydroxylation sites is 1. The summed E-state index contributed by atoms with van der Waals surface area (Å²) in [6, 6.07) is 65.4. The number of imidazole rings is 1. The van der Waals surface area contributed by atoms with Gasteiger partial charge in [0.1, 0.15) is 11.6 Å². The molecule has 0 atom stereocenters. The van der Waals surface area contributed by atoms with E-state index in [-0.39, 0.29) is 43.2 Å². The van der Waals surface area contributed by atoms with E-state index >= 15 is 0 Å². The van der Waals surface area contributed by atoms with Crippen LogP contribution in [0.1, 0.15) is 88.7 Å². The second kappa shape index (κ2) is 19.5. The molecule has 0 saturated heterocycles. The van der Waals surface area contributed by atoms with Crippen molar-refractivity contribution in [3.05, 3.63) is 217 Å². The molecule has 2 heterocycles. The zero-order valence-electron chi connectivity index (χ0n) is 45.5. The Morgan fingerprint density at radius 1 is 0.486 bits per heavy atom. The number of hydrogen-bond donors (Lipinski definition) is 1. The monoisotopic (exact) mass is 1120 g/mol.